The fourth-order valence-corrected chi connectivity index (χ4v) is 1.36. The predicted octanol–water partition coefficient (Wildman–Crippen LogP) is 1.75. The molecule has 0 heterocycles. The van der Waals surface area contributed by atoms with Crippen LogP contribution in [0.4, 0.5) is 5.69 Å². The summed E-state index contributed by atoms with van der Waals surface area (Å²) < 4.78 is 4.82. The molecule has 0 atom stereocenters. The van der Waals surface area contributed by atoms with Crippen LogP contribution >= 0.6 is 11.6 Å². The van der Waals surface area contributed by atoms with E-state index in [2.05, 4.69) is 0 Å². The van der Waals surface area contributed by atoms with Gasteiger partial charge in [-0.15, -0.1) is 0 Å². The van der Waals surface area contributed by atoms with E-state index >= 15 is 0 Å². The van der Waals surface area contributed by atoms with Crippen LogP contribution in [0.2, 0.25) is 5.02 Å². The Hall–Kier alpha value is -1.33. The first kappa shape index (κ1) is 10.7. The second-order valence-electron chi connectivity index (χ2n) is 2.53. The minimum Gasteiger partial charge on any atom is -0.490 e. The molecule has 0 aliphatic rings. The summed E-state index contributed by atoms with van der Waals surface area (Å²) in [7, 11) is 1.30. The van der Waals surface area contributed by atoms with Crippen LogP contribution < -0.4 is 4.74 Å². The standard InChI is InChI=1S/C8H8ClNO4/c1-14-8-5(4-11)2-6(9)3-7(8)10(12)13/h2-3,11H,4H2,1H3. The topological polar surface area (TPSA) is 72.6 Å². The van der Waals surface area contributed by atoms with Crippen molar-refractivity contribution >= 4 is 17.3 Å². The van der Waals surface area contributed by atoms with Crippen molar-refractivity contribution in [3.63, 3.8) is 0 Å². The van der Waals surface area contributed by atoms with Crippen molar-refractivity contribution in [1.29, 1.82) is 0 Å². The average Bonchev–Trinajstić information content (AvgIpc) is 2.16. The number of nitro benzene ring substituents is 1. The number of aliphatic hydroxyl groups is 1. The maximum Gasteiger partial charge on any atom is 0.312 e. The molecule has 14 heavy (non-hydrogen) atoms. The number of hydrogen-bond donors (Lipinski definition) is 1. The zero-order chi connectivity index (χ0) is 10.7. The molecule has 0 saturated heterocycles. The molecular weight excluding hydrogens is 210 g/mol. The van der Waals surface area contributed by atoms with Gasteiger partial charge in [-0.2, -0.15) is 0 Å². The number of hydrogen-bond acceptors (Lipinski definition) is 4. The molecule has 1 rings (SSSR count). The molecule has 0 aromatic heterocycles. The smallest absolute Gasteiger partial charge is 0.312 e. The van der Waals surface area contributed by atoms with E-state index in [-0.39, 0.29) is 23.1 Å². The Labute approximate surface area is 85.0 Å². The summed E-state index contributed by atoms with van der Waals surface area (Å²) in [5.74, 6) is 0.0434. The molecule has 0 bridgehead atoms. The van der Waals surface area contributed by atoms with Gasteiger partial charge in [0, 0.05) is 16.7 Å². The van der Waals surface area contributed by atoms with Gasteiger partial charge < -0.3 is 9.84 Å². The van der Waals surface area contributed by atoms with Gasteiger partial charge in [-0.3, -0.25) is 10.1 Å². The SMILES string of the molecule is COc1c(CO)cc(Cl)cc1[N+](=O)[O-]. The lowest BCUT2D eigenvalue weighted by atomic mass is 10.2. The second kappa shape index (κ2) is 4.26. The monoisotopic (exact) mass is 217 g/mol. The molecule has 0 fully saturated rings. The zero-order valence-corrected chi connectivity index (χ0v) is 8.11. The van der Waals surface area contributed by atoms with E-state index in [0.29, 0.717) is 5.56 Å². The molecule has 1 aromatic carbocycles. The maximum atomic E-state index is 10.6. The number of ether oxygens (including phenoxy) is 1. The van der Waals surface area contributed by atoms with Gasteiger partial charge >= 0.3 is 5.69 Å². The van der Waals surface area contributed by atoms with Gasteiger partial charge in [-0.25, -0.2) is 0 Å². The Kier molecular flexibility index (Phi) is 3.27. The first-order chi connectivity index (χ1) is 6.60. The lowest BCUT2D eigenvalue weighted by molar-refractivity contribution is -0.385. The van der Waals surface area contributed by atoms with Crippen LogP contribution in [0.3, 0.4) is 0 Å². The summed E-state index contributed by atoms with van der Waals surface area (Å²) in [5, 5.41) is 19.7. The largest absolute Gasteiger partial charge is 0.490 e. The number of methoxy groups -OCH3 is 1. The first-order valence-electron chi connectivity index (χ1n) is 3.71. The van der Waals surface area contributed by atoms with E-state index in [0.717, 1.165) is 0 Å². The van der Waals surface area contributed by atoms with Crippen LogP contribution in [-0.2, 0) is 6.61 Å². The molecule has 0 amide bonds. The van der Waals surface area contributed by atoms with E-state index in [9.17, 15) is 10.1 Å². The van der Waals surface area contributed by atoms with Crippen molar-refractivity contribution < 1.29 is 14.8 Å². The number of halogens is 1. The minimum atomic E-state index is -0.607. The Morgan fingerprint density at radius 2 is 2.29 bits per heavy atom. The van der Waals surface area contributed by atoms with Gasteiger partial charge in [0.15, 0.2) is 0 Å². The van der Waals surface area contributed by atoms with E-state index in [1.807, 2.05) is 0 Å². The quantitative estimate of drug-likeness (QED) is 0.618. The van der Waals surface area contributed by atoms with Crippen molar-refractivity contribution in [3.05, 3.63) is 32.8 Å². The molecule has 1 N–H and O–H groups in total. The number of nitro groups is 1. The Bertz CT molecular complexity index is 367. The van der Waals surface area contributed by atoms with E-state index < -0.39 is 4.92 Å². The fourth-order valence-electron chi connectivity index (χ4n) is 1.12. The number of benzene rings is 1. The van der Waals surface area contributed by atoms with E-state index in [4.69, 9.17) is 21.4 Å². The number of aliphatic hydroxyl groups excluding tert-OH is 1. The Morgan fingerprint density at radius 3 is 2.71 bits per heavy atom. The van der Waals surface area contributed by atoms with Gasteiger partial charge in [-0.1, -0.05) is 11.6 Å². The maximum absolute atomic E-state index is 10.6. The molecule has 0 radical (unpaired) electrons. The van der Waals surface area contributed by atoms with Gasteiger partial charge in [0.1, 0.15) is 0 Å². The van der Waals surface area contributed by atoms with Crippen LogP contribution in [0.25, 0.3) is 0 Å². The van der Waals surface area contributed by atoms with E-state index in [1.54, 1.807) is 0 Å². The van der Waals surface area contributed by atoms with Crippen molar-refractivity contribution in [3.8, 4) is 5.75 Å². The van der Waals surface area contributed by atoms with Crippen LogP contribution in [0.15, 0.2) is 12.1 Å². The molecule has 0 aliphatic heterocycles. The summed E-state index contributed by atoms with van der Waals surface area (Å²) in [6.45, 7) is -0.357. The molecular formula is C8H8ClNO4. The predicted molar refractivity (Wildman–Crippen MR) is 50.6 cm³/mol. The lowest BCUT2D eigenvalue weighted by Crippen LogP contribution is -1.98. The van der Waals surface area contributed by atoms with E-state index in [1.165, 1.54) is 19.2 Å². The van der Waals surface area contributed by atoms with Gasteiger partial charge in [0.05, 0.1) is 18.6 Å². The van der Waals surface area contributed by atoms with Crippen molar-refractivity contribution in [2.45, 2.75) is 6.61 Å². The number of rotatable bonds is 3. The second-order valence-corrected chi connectivity index (χ2v) is 2.97. The molecule has 76 valence electrons. The molecule has 0 unspecified atom stereocenters. The zero-order valence-electron chi connectivity index (χ0n) is 7.36. The molecule has 0 aliphatic carbocycles. The molecule has 0 spiro atoms. The summed E-state index contributed by atoms with van der Waals surface area (Å²) >= 11 is 5.63. The van der Waals surface area contributed by atoms with Crippen molar-refractivity contribution in [1.82, 2.24) is 0 Å². The highest BCUT2D eigenvalue weighted by atomic mass is 35.5. The third-order valence-corrected chi connectivity index (χ3v) is 1.90. The average molecular weight is 218 g/mol. The first-order valence-corrected chi connectivity index (χ1v) is 4.09. The van der Waals surface area contributed by atoms with Gasteiger partial charge in [0.2, 0.25) is 5.75 Å². The number of nitrogens with zero attached hydrogens (tertiary/aromatic N) is 1. The third kappa shape index (κ3) is 1.94. The van der Waals surface area contributed by atoms with Gasteiger partial charge in [0.25, 0.3) is 0 Å². The highest BCUT2D eigenvalue weighted by molar-refractivity contribution is 6.31. The van der Waals surface area contributed by atoms with Crippen LogP contribution in [0.5, 0.6) is 5.75 Å². The van der Waals surface area contributed by atoms with Gasteiger partial charge in [-0.05, 0) is 6.07 Å². The Morgan fingerprint density at radius 1 is 1.64 bits per heavy atom. The van der Waals surface area contributed by atoms with Crippen LogP contribution in [-0.4, -0.2) is 17.1 Å². The molecule has 6 heteroatoms. The summed E-state index contributed by atoms with van der Waals surface area (Å²) in [5.41, 5.74) is 0.0516. The molecule has 1 aromatic rings. The molecule has 0 saturated carbocycles. The Balaban J connectivity index is 3.39. The minimum absolute atomic E-state index is 0.0434. The molecule has 5 nitrogen and oxygen atoms in total. The normalized spacial score (nSPS) is 9.93. The lowest BCUT2D eigenvalue weighted by Gasteiger charge is -2.06. The summed E-state index contributed by atoms with van der Waals surface area (Å²) in [4.78, 5) is 9.98. The highest BCUT2D eigenvalue weighted by Crippen LogP contribution is 2.33. The fraction of sp³-hybridized carbons (Fsp3) is 0.250. The van der Waals surface area contributed by atoms with Crippen LogP contribution in [0.1, 0.15) is 5.56 Å². The summed E-state index contributed by atoms with van der Waals surface area (Å²) in [6.07, 6.45) is 0. The van der Waals surface area contributed by atoms with Crippen molar-refractivity contribution in [2.75, 3.05) is 7.11 Å². The van der Waals surface area contributed by atoms with Crippen LogP contribution in [0, 0.1) is 10.1 Å². The van der Waals surface area contributed by atoms with Crippen molar-refractivity contribution in [2.24, 2.45) is 0 Å². The highest BCUT2D eigenvalue weighted by Gasteiger charge is 2.19. The third-order valence-electron chi connectivity index (χ3n) is 1.68. The summed E-state index contributed by atoms with van der Waals surface area (Å²) in [6, 6.07) is 2.60.